The molecule has 1 fully saturated rings. The number of carbonyl (C=O) groups is 1. The van der Waals surface area contributed by atoms with Crippen molar-refractivity contribution in [2.75, 3.05) is 26.5 Å². The predicted molar refractivity (Wildman–Crippen MR) is 89.1 cm³/mol. The highest BCUT2D eigenvalue weighted by Gasteiger charge is 2.51. The third-order valence-corrected chi connectivity index (χ3v) is 4.88. The van der Waals surface area contributed by atoms with Gasteiger partial charge < -0.3 is 10.1 Å². The first-order valence-corrected chi connectivity index (χ1v) is 9.56. The highest BCUT2D eigenvalue weighted by atomic mass is 32.2. The average Bonchev–Trinajstić information content (AvgIpc) is 3.27. The second kappa shape index (κ2) is 6.88. The Morgan fingerprint density at radius 1 is 1.30 bits per heavy atom. The first-order valence-electron chi connectivity index (χ1n) is 7.66. The third-order valence-electron chi connectivity index (χ3n) is 4.15. The molecule has 6 nitrogen and oxygen atoms in total. The number of methoxy groups -OCH3 is 1. The maximum Gasteiger partial charge on any atom is 0.230 e. The minimum absolute atomic E-state index is 0.00256. The lowest BCUT2D eigenvalue weighted by molar-refractivity contribution is -0.123. The molecule has 0 spiro atoms. The molecular formula is C16H24N2O4S. The lowest BCUT2D eigenvalue weighted by Crippen LogP contribution is -2.36. The van der Waals surface area contributed by atoms with Crippen LogP contribution in [0.1, 0.15) is 30.4 Å². The summed E-state index contributed by atoms with van der Waals surface area (Å²) in [6, 6.07) is 5.89. The number of ether oxygens (including phenoxy) is 1. The summed E-state index contributed by atoms with van der Waals surface area (Å²) >= 11 is 0. The molecule has 0 atom stereocenters. The van der Waals surface area contributed by atoms with Crippen LogP contribution in [0.15, 0.2) is 18.2 Å². The average molecular weight is 340 g/mol. The van der Waals surface area contributed by atoms with Gasteiger partial charge in [0, 0.05) is 13.1 Å². The third kappa shape index (κ3) is 4.45. The second-order valence-electron chi connectivity index (χ2n) is 6.04. The molecule has 1 saturated carbocycles. The lowest BCUT2D eigenvalue weighted by atomic mass is 9.93. The van der Waals surface area contributed by atoms with Gasteiger partial charge >= 0.3 is 0 Å². The van der Waals surface area contributed by atoms with E-state index in [0.29, 0.717) is 19.5 Å². The SMILES string of the molecule is COc1cc(C2(C(=O)NCCCNS(C)(=O)=O)CC2)ccc1C. The molecule has 1 aliphatic rings. The van der Waals surface area contributed by atoms with Crippen molar-refractivity contribution in [1.82, 2.24) is 10.0 Å². The minimum atomic E-state index is -3.17. The Hall–Kier alpha value is -1.60. The van der Waals surface area contributed by atoms with Crippen molar-refractivity contribution in [3.05, 3.63) is 29.3 Å². The van der Waals surface area contributed by atoms with E-state index in [4.69, 9.17) is 4.74 Å². The number of sulfonamides is 1. The van der Waals surface area contributed by atoms with Crippen molar-refractivity contribution in [3.8, 4) is 5.75 Å². The summed E-state index contributed by atoms with van der Waals surface area (Å²) in [7, 11) is -1.55. The van der Waals surface area contributed by atoms with Gasteiger partial charge in [-0.25, -0.2) is 13.1 Å². The van der Waals surface area contributed by atoms with Crippen molar-refractivity contribution < 1.29 is 17.9 Å². The molecule has 0 aromatic heterocycles. The van der Waals surface area contributed by atoms with E-state index in [1.807, 2.05) is 25.1 Å². The summed E-state index contributed by atoms with van der Waals surface area (Å²) in [6.07, 6.45) is 3.33. The number of rotatable bonds is 8. The molecule has 1 aliphatic carbocycles. The van der Waals surface area contributed by atoms with Gasteiger partial charge in [-0.15, -0.1) is 0 Å². The van der Waals surface area contributed by atoms with Gasteiger partial charge in [-0.05, 0) is 43.4 Å². The number of amides is 1. The van der Waals surface area contributed by atoms with Gasteiger partial charge in [0.1, 0.15) is 5.75 Å². The first-order chi connectivity index (χ1) is 10.8. The monoisotopic (exact) mass is 340 g/mol. The van der Waals surface area contributed by atoms with Crippen molar-refractivity contribution in [3.63, 3.8) is 0 Å². The summed E-state index contributed by atoms with van der Waals surface area (Å²) in [5, 5.41) is 2.91. The zero-order valence-electron chi connectivity index (χ0n) is 13.8. The van der Waals surface area contributed by atoms with E-state index >= 15 is 0 Å². The van der Waals surface area contributed by atoms with Crippen LogP contribution in [-0.2, 0) is 20.2 Å². The van der Waals surface area contributed by atoms with Gasteiger partial charge in [-0.3, -0.25) is 4.79 Å². The predicted octanol–water partition coefficient (Wildman–Crippen LogP) is 1.09. The Balaban J connectivity index is 1.91. The Bertz CT molecular complexity index is 681. The fourth-order valence-corrected chi connectivity index (χ4v) is 3.12. The van der Waals surface area contributed by atoms with Gasteiger partial charge in [0.2, 0.25) is 15.9 Å². The summed E-state index contributed by atoms with van der Waals surface area (Å²) < 4.78 is 29.7. The van der Waals surface area contributed by atoms with Gasteiger partial charge in [0.15, 0.2) is 0 Å². The maximum absolute atomic E-state index is 12.5. The van der Waals surface area contributed by atoms with Crippen LogP contribution in [0, 0.1) is 6.92 Å². The number of nitrogens with one attached hydrogen (secondary N) is 2. The van der Waals surface area contributed by atoms with Crippen LogP contribution >= 0.6 is 0 Å². The second-order valence-corrected chi connectivity index (χ2v) is 7.88. The Kier molecular flexibility index (Phi) is 5.31. The van der Waals surface area contributed by atoms with Crippen molar-refractivity contribution in [1.29, 1.82) is 0 Å². The lowest BCUT2D eigenvalue weighted by Gasteiger charge is -2.17. The molecule has 0 unspecified atom stereocenters. The molecular weight excluding hydrogens is 316 g/mol. The summed E-state index contributed by atoms with van der Waals surface area (Å²) in [5.74, 6) is 0.793. The molecule has 0 aliphatic heterocycles. The van der Waals surface area contributed by atoms with E-state index in [2.05, 4.69) is 10.0 Å². The molecule has 1 amide bonds. The quantitative estimate of drug-likeness (QED) is 0.694. The standard InChI is InChI=1S/C16H24N2O4S/c1-12-5-6-13(11-14(12)22-2)16(7-8-16)15(19)17-9-4-10-18-23(3,20)21/h5-6,11,18H,4,7-10H2,1-3H3,(H,17,19). The van der Waals surface area contributed by atoms with Crippen molar-refractivity contribution >= 4 is 15.9 Å². The fourth-order valence-electron chi connectivity index (χ4n) is 2.61. The molecule has 23 heavy (non-hydrogen) atoms. The van der Waals surface area contributed by atoms with Crippen LogP contribution in [0.2, 0.25) is 0 Å². The van der Waals surface area contributed by atoms with Gasteiger partial charge in [-0.1, -0.05) is 12.1 Å². The number of carbonyl (C=O) groups excluding carboxylic acids is 1. The summed E-state index contributed by atoms with van der Waals surface area (Å²) in [5.41, 5.74) is 1.57. The molecule has 1 aromatic rings. The largest absolute Gasteiger partial charge is 0.496 e. The Morgan fingerprint density at radius 3 is 2.57 bits per heavy atom. The number of hydrogen-bond acceptors (Lipinski definition) is 4. The molecule has 0 heterocycles. The van der Waals surface area contributed by atoms with Crippen LogP contribution in [0.3, 0.4) is 0 Å². The zero-order chi connectivity index (χ0) is 17.1. The highest BCUT2D eigenvalue weighted by molar-refractivity contribution is 7.88. The number of benzene rings is 1. The van der Waals surface area contributed by atoms with Gasteiger partial charge in [-0.2, -0.15) is 0 Å². The van der Waals surface area contributed by atoms with Crippen molar-refractivity contribution in [2.45, 2.75) is 31.6 Å². The minimum Gasteiger partial charge on any atom is -0.496 e. The molecule has 0 saturated heterocycles. The molecule has 128 valence electrons. The normalized spacial score (nSPS) is 16.0. The van der Waals surface area contributed by atoms with Crippen LogP contribution in [0.5, 0.6) is 5.75 Å². The molecule has 7 heteroatoms. The molecule has 0 radical (unpaired) electrons. The molecule has 2 rings (SSSR count). The van der Waals surface area contributed by atoms with Crippen molar-refractivity contribution in [2.24, 2.45) is 0 Å². The topological polar surface area (TPSA) is 84.5 Å². The maximum atomic E-state index is 12.5. The van der Waals surface area contributed by atoms with E-state index < -0.39 is 15.4 Å². The smallest absolute Gasteiger partial charge is 0.230 e. The number of aryl methyl sites for hydroxylation is 1. The molecule has 1 aromatic carbocycles. The van der Waals surface area contributed by atoms with Crippen LogP contribution < -0.4 is 14.8 Å². The fraction of sp³-hybridized carbons (Fsp3) is 0.562. The molecule has 2 N–H and O–H groups in total. The summed E-state index contributed by atoms with van der Waals surface area (Å²) in [6.45, 7) is 2.74. The van der Waals surface area contributed by atoms with E-state index in [0.717, 1.165) is 36.0 Å². The van der Waals surface area contributed by atoms with E-state index in [9.17, 15) is 13.2 Å². The Labute approximate surface area is 137 Å². The van der Waals surface area contributed by atoms with E-state index in [1.54, 1.807) is 7.11 Å². The van der Waals surface area contributed by atoms with E-state index in [-0.39, 0.29) is 5.91 Å². The summed E-state index contributed by atoms with van der Waals surface area (Å²) in [4.78, 5) is 12.5. The zero-order valence-corrected chi connectivity index (χ0v) is 14.6. The first kappa shape index (κ1) is 17.7. The van der Waals surface area contributed by atoms with Gasteiger partial charge in [0.25, 0.3) is 0 Å². The van der Waals surface area contributed by atoms with Crippen LogP contribution in [-0.4, -0.2) is 40.8 Å². The van der Waals surface area contributed by atoms with Gasteiger partial charge in [0.05, 0.1) is 18.8 Å². The highest BCUT2D eigenvalue weighted by Crippen LogP contribution is 2.49. The van der Waals surface area contributed by atoms with Crippen LogP contribution in [0.4, 0.5) is 0 Å². The Morgan fingerprint density at radius 2 is 2.00 bits per heavy atom. The van der Waals surface area contributed by atoms with E-state index in [1.165, 1.54) is 0 Å². The molecule has 0 bridgehead atoms. The number of hydrogen-bond donors (Lipinski definition) is 2. The van der Waals surface area contributed by atoms with Crippen LogP contribution in [0.25, 0.3) is 0 Å².